The van der Waals surface area contributed by atoms with Gasteiger partial charge in [0.05, 0.1) is 5.56 Å². The molecule has 0 bridgehead atoms. The van der Waals surface area contributed by atoms with Crippen LogP contribution in [0.3, 0.4) is 0 Å². The van der Waals surface area contributed by atoms with Gasteiger partial charge in [-0.3, -0.25) is 4.90 Å². The quantitative estimate of drug-likeness (QED) is 0.338. The van der Waals surface area contributed by atoms with Gasteiger partial charge in [0.1, 0.15) is 5.82 Å². The van der Waals surface area contributed by atoms with Crippen LogP contribution in [0.5, 0.6) is 0 Å². The van der Waals surface area contributed by atoms with Gasteiger partial charge in [0.15, 0.2) is 5.84 Å². The van der Waals surface area contributed by atoms with Gasteiger partial charge in [-0.1, -0.05) is 17.3 Å². The van der Waals surface area contributed by atoms with Gasteiger partial charge in [-0.25, -0.2) is 4.39 Å². The summed E-state index contributed by atoms with van der Waals surface area (Å²) < 4.78 is 14.3. The van der Waals surface area contributed by atoms with Crippen molar-refractivity contribution in [3.05, 3.63) is 35.1 Å². The van der Waals surface area contributed by atoms with E-state index in [4.69, 9.17) is 10.9 Å². The molecule has 2 unspecified atom stereocenters. The van der Waals surface area contributed by atoms with Crippen LogP contribution in [0.4, 0.5) is 4.39 Å². The Balaban J connectivity index is 1.68. The van der Waals surface area contributed by atoms with Gasteiger partial charge in [-0.2, -0.15) is 0 Å². The van der Waals surface area contributed by atoms with Crippen molar-refractivity contribution in [2.75, 3.05) is 13.1 Å². The number of amidine groups is 1. The molecule has 0 radical (unpaired) electrons. The molecule has 2 atom stereocenters. The summed E-state index contributed by atoms with van der Waals surface area (Å²) in [6.07, 6.45) is 3.60. The molecule has 5 nitrogen and oxygen atoms in total. The second-order valence-corrected chi connectivity index (χ2v) is 5.79. The lowest BCUT2D eigenvalue weighted by atomic mass is 10.0. The SMILES string of the molecule is N/C(=N/O)c1cccc(CNC2CCN3CCCC23)c1F. The summed E-state index contributed by atoms with van der Waals surface area (Å²) >= 11 is 0. The van der Waals surface area contributed by atoms with Crippen LogP contribution in [-0.4, -0.2) is 41.1 Å². The third-order valence-corrected chi connectivity index (χ3v) is 4.62. The van der Waals surface area contributed by atoms with Gasteiger partial charge in [-0.05, 0) is 31.9 Å². The van der Waals surface area contributed by atoms with Crippen LogP contribution in [0.1, 0.15) is 30.4 Å². The van der Waals surface area contributed by atoms with Gasteiger partial charge in [0.2, 0.25) is 0 Å². The molecule has 0 amide bonds. The van der Waals surface area contributed by atoms with Crippen molar-refractivity contribution < 1.29 is 9.60 Å². The maximum Gasteiger partial charge on any atom is 0.173 e. The molecule has 2 aliphatic rings. The predicted octanol–water partition coefficient (Wildman–Crippen LogP) is 1.25. The number of nitrogens with two attached hydrogens (primary N) is 1. The van der Waals surface area contributed by atoms with Crippen LogP contribution in [-0.2, 0) is 6.54 Å². The topological polar surface area (TPSA) is 73.9 Å². The first-order valence-corrected chi connectivity index (χ1v) is 7.43. The minimum absolute atomic E-state index is 0.144. The summed E-state index contributed by atoms with van der Waals surface area (Å²) in [5, 5.41) is 15.0. The number of halogens is 1. The summed E-state index contributed by atoms with van der Waals surface area (Å²) in [7, 11) is 0. The molecule has 2 heterocycles. The molecule has 2 aliphatic heterocycles. The lowest BCUT2D eigenvalue weighted by Crippen LogP contribution is -2.38. The van der Waals surface area contributed by atoms with Crippen LogP contribution in [0.15, 0.2) is 23.4 Å². The van der Waals surface area contributed by atoms with Gasteiger partial charge in [-0.15, -0.1) is 0 Å². The van der Waals surface area contributed by atoms with Gasteiger partial charge >= 0.3 is 0 Å². The number of rotatable bonds is 4. The van der Waals surface area contributed by atoms with Crippen LogP contribution < -0.4 is 11.1 Å². The molecule has 1 aromatic carbocycles. The first kappa shape index (κ1) is 14.3. The highest BCUT2D eigenvalue weighted by Gasteiger charge is 2.36. The average Bonchev–Trinajstić information content (AvgIpc) is 3.09. The van der Waals surface area contributed by atoms with E-state index in [1.165, 1.54) is 25.5 Å². The lowest BCUT2D eigenvalue weighted by molar-refractivity contribution is 0.298. The molecule has 2 fully saturated rings. The zero-order valence-electron chi connectivity index (χ0n) is 11.9. The molecule has 2 saturated heterocycles. The number of hydrogen-bond donors (Lipinski definition) is 3. The highest BCUT2D eigenvalue weighted by atomic mass is 19.1. The Hall–Kier alpha value is -1.66. The predicted molar refractivity (Wildman–Crippen MR) is 78.8 cm³/mol. The number of hydrogen-bond acceptors (Lipinski definition) is 4. The van der Waals surface area contributed by atoms with Crippen molar-refractivity contribution >= 4 is 5.84 Å². The van der Waals surface area contributed by atoms with Crippen LogP contribution >= 0.6 is 0 Å². The Morgan fingerprint density at radius 3 is 3.10 bits per heavy atom. The summed E-state index contributed by atoms with van der Waals surface area (Å²) in [6.45, 7) is 2.79. The van der Waals surface area contributed by atoms with Crippen LogP contribution in [0, 0.1) is 5.82 Å². The minimum Gasteiger partial charge on any atom is -0.409 e. The first-order valence-electron chi connectivity index (χ1n) is 7.43. The largest absolute Gasteiger partial charge is 0.409 e. The molecule has 0 saturated carbocycles. The second kappa shape index (κ2) is 5.99. The summed E-state index contributed by atoms with van der Waals surface area (Å²) in [4.78, 5) is 2.51. The van der Waals surface area contributed by atoms with Crippen molar-refractivity contribution in [2.45, 2.75) is 37.9 Å². The fraction of sp³-hybridized carbons (Fsp3) is 0.533. The highest BCUT2D eigenvalue weighted by molar-refractivity contribution is 5.97. The molecule has 1 aromatic rings. The molecule has 3 rings (SSSR count). The van der Waals surface area contributed by atoms with E-state index in [1.54, 1.807) is 12.1 Å². The van der Waals surface area contributed by atoms with E-state index >= 15 is 0 Å². The van der Waals surface area contributed by atoms with Crippen molar-refractivity contribution in [2.24, 2.45) is 10.9 Å². The maximum absolute atomic E-state index is 14.3. The Kier molecular flexibility index (Phi) is 4.07. The van der Waals surface area contributed by atoms with E-state index < -0.39 is 5.82 Å². The Labute approximate surface area is 123 Å². The fourth-order valence-electron chi connectivity index (χ4n) is 3.53. The number of oxime groups is 1. The number of nitrogens with one attached hydrogen (secondary N) is 1. The third kappa shape index (κ3) is 2.73. The van der Waals surface area contributed by atoms with E-state index in [0.29, 0.717) is 24.2 Å². The molecule has 0 aromatic heterocycles. The fourth-order valence-corrected chi connectivity index (χ4v) is 3.53. The zero-order valence-corrected chi connectivity index (χ0v) is 11.9. The minimum atomic E-state index is -0.415. The smallest absolute Gasteiger partial charge is 0.173 e. The molecule has 4 N–H and O–H groups in total. The Morgan fingerprint density at radius 2 is 2.29 bits per heavy atom. The maximum atomic E-state index is 14.3. The normalized spacial score (nSPS) is 26.2. The van der Waals surface area contributed by atoms with Crippen molar-refractivity contribution in [1.82, 2.24) is 10.2 Å². The molecule has 0 spiro atoms. The zero-order chi connectivity index (χ0) is 14.8. The lowest BCUT2D eigenvalue weighted by Gasteiger charge is -2.21. The van der Waals surface area contributed by atoms with Gasteiger partial charge in [0.25, 0.3) is 0 Å². The van der Waals surface area contributed by atoms with Gasteiger partial charge in [0, 0.05) is 30.7 Å². The highest BCUT2D eigenvalue weighted by Crippen LogP contribution is 2.28. The standard InChI is InChI=1S/C15H21FN4O/c16-14-10(3-1-4-11(14)15(17)19-21)9-18-12-6-8-20-7-2-5-13(12)20/h1,3-4,12-13,18,21H,2,5-9H2,(H2,17,19). The molecule has 0 aliphatic carbocycles. The van der Waals surface area contributed by atoms with E-state index in [2.05, 4.69) is 15.4 Å². The summed E-state index contributed by atoms with van der Waals surface area (Å²) in [5.74, 6) is -0.612. The first-order chi connectivity index (χ1) is 10.2. The Morgan fingerprint density at radius 1 is 1.43 bits per heavy atom. The molecular weight excluding hydrogens is 271 g/mol. The van der Waals surface area contributed by atoms with E-state index in [0.717, 1.165) is 13.0 Å². The third-order valence-electron chi connectivity index (χ3n) is 4.62. The van der Waals surface area contributed by atoms with Crippen molar-refractivity contribution in [3.63, 3.8) is 0 Å². The molecule has 21 heavy (non-hydrogen) atoms. The van der Waals surface area contributed by atoms with Crippen LogP contribution in [0.2, 0.25) is 0 Å². The van der Waals surface area contributed by atoms with Crippen LogP contribution in [0.25, 0.3) is 0 Å². The van der Waals surface area contributed by atoms with Gasteiger partial charge < -0.3 is 16.3 Å². The van der Waals surface area contributed by atoms with Crippen molar-refractivity contribution in [3.8, 4) is 0 Å². The molecular formula is C15H21FN4O. The second-order valence-electron chi connectivity index (χ2n) is 5.79. The summed E-state index contributed by atoms with van der Waals surface area (Å²) in [6, 6.07) is 6.00. The molecule has 6 heteroatoms. The monoisotopic (exact) mass is 292 g/mol. The average molecular weight is 292 g/mol. The Bertz CT molecular complexity index is 548. The number of nitrogens with zero attached hydrogens (tertiary/aromatic N) is 2. The number of benzene rings is 1. The van der Waals surface area contributed by atoms with Crippen molar-refractivity contribution in [1.29, 1.82) is 0 Å². The van der Waals surface area contributed by atoms with E-state index in [1.807, 2.05) is 0 Å². The van der Waals surface area contributed by atoms with E-state index in [-0.39, 0.29) is 11.4 Å². The summed E-state index contributed by atoms with van der Waals surface area (Å²) in [5.41, 5.74) is 6.18. The number of fused-ring (bicyclic) bond motifs is 1. The molecule has 114 valence electrons. The van der Waals surface area contributed by atoms with E-state index in [9.17, 15) is 4.39 Å².